The first kappa shape index (κ1) is 10.0. The van der Waals surface area contributed by atoms with Crippen molar-refractivity contribution in [1.82, 2.24) is 9.88 Å². The van der Waals surface area contributed by atoms with Crippen molar-refractivity contribution in [3.05, 3.63) is 23.5 Å². The van der Waals surface area contributed by atoms with Crippen molar-refractivity contribution < 1.29 is 9.53 Å². The number of hydrogen-bond acceptors (Lipinski definition) is 3. The van der Waals surface area contributed by atoms with E-state index in [2.05, 4.69) is 4.98 Å². The number of H-pyrrole nitrogens is 1. The van der Waals surface area contributed by atoms with Crippen LogP contribution < -0.4 is 5.73 Å². The van der Waals surface area contributed by atoms with Crippen LogP contribution in [-0.4, -0.2) is 29.1 Å². The van der Waals surface area contributed by atoms with Gasteiger partial charge in [-0.1, -0.05) is 0 Å². The van der Waals surface area contributed by atoms with Gasteiger partial charge in [0.15, 0.2) is 0 Å². The average molecular weight is 209 g/mol. The Morgan fingerprint density at radius 3 is 2.93 bits per heavy atom. The molecule has 1 aliphatic rings. The molecule has 82 valence electrons. The van der Waals surface area contributed by atoms with Gasteiger partial charge in [0, 0.05) is 24.5 Å². The molecule has 0 aliphatic carbocycles. The van der Waals surface area contributed by atoms with Gasteiger partial charge < -0.3 is 20.4 Å². The first-order valence-corrected chi connectivity index (χ1v) is 5.08. The highest BCUT2D eigenvalue weighted by atomic mass is 16.6. The minimum Gasteiger partial charge on any atom is -0.449 e. The van der Waals surface area contributed by atoms with E-state index in [-0.39, 0.29) is 6.09 Å². The number of aromatic nitrogens is 1. The number of rotatable bonds is 3. The van der Waals surface area contributed by atoms with Crippen LogP contribution in [0.2, 0.25) is 0 Å². The highest BCUT2D eigenvalue weighted by Crippen LogP contribution is 2.10. The predicted octanol–water partition coefficient (Wildman–Crippen LogP) is 0.816. The lowest BCUT2D eigenvalue weighted by molar-refractivity contribution is 0.0696. The molecular weight excluding hydrogens is 194 g/mol. The van der Waals surface area contributed by atoms with Crippen molar-refractivity contribution in [2.75, 3.05) is 13.2 Å². The molecule has 0 unspecified atom stereocenters. The van der Waals surface area contributed by atoms with Gasteiger partial charge in [0.25, 0.3) is 0 Å². The summed E-state index contributed by atoms with van der Waals surface area (Å²) in [6.07, 6.45) is 0.668. The van der Waals surface area contributed by atoms with Gasteiger partial charge in [-0.2, -0.15) is 0 Å². The third kappa shape index (κ3) is 2.30. The van der Waals surface area contributed by atoms with Gasteiger partial charge in [-0.3, -0.25) is 0 Å². The van der Waals surface area contributed by atoms with Gasteiger partial charge in [-0.25, -0.2) is 4.79 Å². The molecule has 1 aromatic heterocycles. The molecule has 1 saturated heterocycles. The van der Waals surface area contributed by atoms with Crippen LogP contribution in [-0.2, 0) is 17.8 Å². The highest BCUT2D eigenvalue weighted by Gasteiger charge is 2.19. The second-order valence-corrected chi connectivity index (χ2v) is 3.60. The maximum Gasteiger partial charge on any atom is 0.410 e. The number of carbonyl (C=O) groups excluding carboxylic acids is 1. The van der Waals surface area contributed by atoms with Crippen LogP contribution in [0.1, 0.15) is 17.8 Å². The lowest BCUT2D eigenvalue weighted by Crippen LogP contribution is -2.37. The third-order valence-electron chi connectivity index (χ3n) is 2.44. The van der Waals surface area contributed by atoms with E-state index in [1.807, 2.05) is 12.1 Å². The molecule has 0 bridgehead atoms. The second kappa shape index (κ2) is 4.35. The molecule has 2 rings (SSSR count). The minimum atomic E-state index is -0.231. The lowest BCUT2D eigenvalue weighted by atomic mass is 10.3. The Morgan fingerprint density at radius 2 is 2.27 bits per heavy atom. The minimum absolute atomic E-state index is 0.231. The van der Waals surface area contributed by atoms with Crippen LogP contribution in [0.25, 0.3) is 0 Å². The molecule has 1 aliphatic heterocycles. The number of amides is 1. The Hall–Kier alpha value is -1.49. The van der Waals surface area contributed by atoms with E-state index in [1.165, 1.54) is 0 Å². The lowest BCUT2D eigenvalue weighted by Gasteiger charge is -2.25. The summed E-state index contributed by atoms with van der Waals surface area (Å²) in [5, 5.41) is 0. The van der Waals surface area contributed by atoms with Crippen molar-refractivity contribution in [1.29, 1.82) is 0 Å². The fraction of sp³-hybridized carbons (Fsp3) is 0.500. The number of aromatic amines is 1. The van der Waals surface area contributed by atoms with E-state index >= 15 is 0 Å². The molecular formula is C10H15N3O2. The molecule has 0 saturated carbocycles. The summed E-state index contributed by atoms with van der Waals surface area (Å²) in [6, 6.07) is 3.88. The standard InChI is InChI=1S/C10H15N3O2/c11-6-8-2-3-9(12-8)7-13-4-1-5-15-10(13)14/h2-3,12H,1,4-7,11H2. The zero-order chi connectivity index (χ0) is 10.7. The summed E-state index contributed by atoms with van der Waals surface area (Å²) in [5.41, 5.74) is 7.46. The fourth-order valence-electron chi connectivity index (χ4n) is 1.65. The molecule has 15 heavy (non-hydrogen) atoms. The van der Waals surface area contributed by atoms with Gasteiger partial charge in [-0.15, -0.1) is 0 Å². The smallest absolute Gasteiger partial charge is 0.410 e. The van der Waals surface area contributed by atoms with E-state index in [0.29, 0.717) is 19.7 Å². The number of cyclic esters (lactones) is 1. The molecule has 5 heteroatoms. The van der Waals surface area contributed by atoms with E-state index in [4.69, 9.17) is 10.5 Å². The normalized spacial score (nSPS) is 16.6. The Balaban J connectivity index is 1.98. The zero-order valence-corrected chi connectivity index (χ0v) is 8.53. The number of nitrogens with one attached hydrogen (secondary N) is 1. The van der Waals surface area contributed by atoms with Gasteiger partial charge in [-0.05, 0) is 18.6 Å². The Morgan fingerprint density at radius 1 is 1.47 bits per heavy atom. The molecule has 5 nitrogen and oxygen atoms in total. The molecule has 2 heterocycles. The summed E-state index contributed by atoms with van der Waals surface area (Å²) in [6.45, 7) is 2.35. The monoisotopic (exact) mass is 209 g/mol. The van der Waals surface area contributed by atoms with Crippen LogP contribution in [0.15, 0.2) is 12.1 Å². The average Bonchev–Trinajstić information content (AvgIpc) is 2.69. The summed E-state index contributed by atoms with van der Waals surface area (Å²) in [4.78, 5) is 16.2. The number of nitrogens with zero attached hydrogens (tertiary/aromatic N) is 1. The summed E-state index contributed by atoms with van der Waals surface area (Å²) >= 11 is 0. The van der Waals surface area contributed by atoms with Gasteiger partial charge in [0.05, 0.1) is 13.2 Å². The molecule has 0 spiro atoms. The maximum atomic E-state index is 11.3. The van der Waals surface area contributed by atoms with Crippen LogP contribution >= 0.6 is 0 Å². The summed E-state index contributed by atoms with van der Waals surface area (Å²) in [5.74, 6) is 0. The van der Waals surface area contributed by atoms with Crippen LogP contribution in [0.4, 0.5) is 4.79 Å². The van der Waals surface area contributed by atoms with Crippen LogP contribution in [0.5, 0.6) is 0 Å². The number of carbonyl (C=O) groups is 1. The third-order valence-corrected chi connectivity index (χ3v) is 2.44. The molecule has 1 fully saturated rings. The van der Waals surface area contributed by atoms with E-state index in [0.717, 1.165) is 24.4 Å². The topological polar surface area (TPSA) is 71.3 Å². The van der Waals surface area contributed by atoms with Crippen LogP contribution in [0, 0.1) is 0 Å². The molecule has 0 atom stereocenters. The van der Waals surface area contributed by atoms with E-state index in [9.17, 15) is 4.79 Å². The molecule has 1 aromatic rings. The first-order valence-electron chi connectivity index (χ1n) is 5.08. The van der Waals surface area contributed by atoms with Crippen molar-refractivity contribution in [3.63, 3.8) is 0 Å². The largest absolute Gasteiger partial charge is 0.449 e. The summed E-state index contributed by atoms with van der Waals surface area (Å²) < 4.78 is 4.94. The van der Waals surface area contributed by atoms with Crippen molar-refractivity contribution >= 4 is 6.09 Å². The van der Waals surface area contributed by atoms with Crippen molar-refractivity contribution in [2.24, 2.45) is 5.73 Å². The van der Waals surface area contributed by atoms with Crippen molar-refractivity contribution in [2.45, 2.75) is 19.5 Å². The van der Waals surface area contributed by atoms with Gasteiger partial charge >= 0.3 is 6.09 Å². The fourth-order valence-corrected chi connectivity index (χ4v) is 1.65. The zero-order valence-electron chi connectivity index (χ0n) is 8.53. The summed E-state index contributed by atoms with van der Waals surface area (Å²) in [7, 11) is 0. The SMILES string of the molecule is NCc1ccc(CN2CCCOC2=O)[nH]1. The highest BCUT2D eigenvalue weighted by molar-refractivity contribution is 5.68. The quantitative estimate of drug-likeness (QED) is 0.774. The number of nitrogens with two attached hydrogens (primary N) is 1. The first-order chi connectivity index (χ1) is 7.29. The molecule has 0 aromatic carbocycles. The second-order valence-electron chi connectivity index (χ2n) is 3.60. The van der Waals surface area contributed by atoms with Crippen molar-refractivity contribution in [3.8, 4) is 0 Å². The Kier molecular flexibility index (Phi) is 2.91. The number of hydrogen-bond donors (Lipinski definition) is 2. The predicted molar refractivity (Wildman–Crippen MR) is 55.1 cm³/mol. The van der Waals surface area contributed by atoms with Crippen LogP contribution in [0.3, 0.4) is 0 Å². The molecule has 3 N–H and O–H groups in total. The maximum absolute atomic E-state index is 11.3. The Labute approximate surface area is 88.2 Å². The Bertz CT molecular complexity index is 348. The van der Waals surface area contributed by atoms with Gasteiger partial charge in [0.1, 0.15) is 0 Å². The molecule has 1 amide bonds. The molecule has 0 radical (unpaired) electrons. The van der Waals surface area contributed by atoms with Gasteiger partial charge in [0.2, 0.25) is 0 Å². The van der Waals surface area contributed by atoms with E-state index in [1.54, 1.807) is 4.90 Å². The number of ether oxygens (including phenoxy) is 1. The van der Waals surface area contributed by atoms with E-state index < -0.39 is 0 Å².